The quantitative estimate of drug-likeness (QED) is 0.890. The SMILES string of the molecule is CNCc1ccnc(N(C)Cc2ccccc2C)c1. The molecule has 0 radical (unpaired) electrons. The number of anilines is 1. The number of hydrogen-bond acceptors (Lipinski definition) is 3. The molecule has 3 nitrogen and oxygen atoms in total. The molecule has 0 aliphatic carbocycles. The maximum Gasteiger partial charge on any atom is 0.128 e. The molecule has 0 aliphatic heterocycles. The Balaban J connectivity index is 2.13. The number of aryl methyl sites for hydroxylation is 1. The molecule has 2 rings (SSSR count). The molecule has 0 fully saturated rings. The van der Waals surface area contributed by atoms with E-state index in [0.29, 0.717) is 0 Å². The highest BCUT2D eigenvalue weighted by Gasteiger charge is 2.06. The van der Waals surface area contributed by atoms with Gasteiger partial charge in [-0.1, -0.05) is 24.3 Å². The fraction of sp³-hybridized carbons (Fsp3) is 0.312. The van der Waals surface area contributed by atoms with Crippen molar-refractivity contribution in [3.8, 4) is 0 Å². The van der Waals surface area contributed by atoms with Crippen LogP contribution < -0.4 is 10.2 Å². The Bertz CT molecular complexity index is 537. The summed E-state index contributed by atoms with van der Waals surface area (Å²) in [5.41, 5.74) is 3.91. The molecule has 100 valence electrons. The molecule has 0 spiro atoms. The largest absolute Gasteiger partial charge is 0.355 e. The molecule has 1 N–H and O–H groups in total. The highest BCUT2D eigenvalue weighted by Crippen LogP contribution is 2.16. The van der Waals surface area contributed by atoms with Crippen LogP contribution in [0.5, 0.6) is 0 Å². The molecule has 3 heteroatoms. The van der Waals surface area contributed by atoms with Crippen LogP contribution in [0.1, 0.15) is 16.7 Å². The highest BCUT2D eigenvalue weighted by atomic mass is 15.2. The molecular weight excluding hydrogens is 234 g/mol. The van der Waals surface area contributed by atoms with Crippen LogP contribution in [0.15, 0.2) is 42.6 Å². The Morgan fingerprint density at radius 3 is 2.74 bits per heavy atom. The van der Waals surface area contributed by atoms with Crippen molar-refractivity contribution in [1.82, 2.24) is 10.3 Å². The standard InChI is InChI=1S/C16H21N3/c1-13-6-4-5-7-15(13)12-19(3)16-10-14(11-17-2)8-9-18-16/h4-10,17H,11-12H2,1-3H3. The predicted molar refractivity (Wildman–Crippen MR) is 80.3 cm³/mol. The van der Waals surface area contributed by atoms with Gasteiger partial charge in [0, 0.05) is 26.3 Å². The van der Waals surface area contributed by atoms with Gasteiger partial charge in [0.1, 0.15) is 5.82 Å². The van der Waals surface area contributed by atoms with E-state index >= 15 is 0 Å². The molecule has 0 unspecified atom stereocenters. The van der Waals surface area contributed by atoms with E-state index in [0.717, 1.165) is 18.9 Å². The number of aromatic nitrogens is 1. The third-order valence-electron chi connectivity index (χ3n) is 3.25. The number of rotatable bonds is 5. The first-order valence-corrected chi connectivity index (χ1v) is 6.56. The minimum Gasteiger partial charge on any atom is -0.355 e. The van der Waals surface area contributed by atoms with Crippen molar-refractivity contribution in [1.29, 1.82) is 0 Å². The fourth-order valence-corrected chi connectivity index (χ4v) is 2.11. The lowest BCUT2D eigenvalue weighted by atomic mass is 10.1. The van der Waals surface area contributed by atoms with E-state index in [9.17, 15) is 0 Å². The van der Waals surface area contributed by atoms with Crippen LogP contribution in [-0.4, -0.2) is 19.1 Å². The lowest BCUT2D eigenvalue weighted by molar-refractivity contribution is 0.811. The average Bonchev–Trinajstić information content (AvgIpc) is 2.42. The van der Waals surface area contributed by atoms with Crippen molar-refractivity contribution in [3.63, 3.8) is 0 Å². The van der Waals surface area contributed by atoms with Gasteiger partial charge in [0.05, 0.1) is 0 Å². The van der Waals surface area contributed by atoms with E-state index in [4.69, 9.17) is 0 Å². The van der Waals surface area contributed by atoms with Crippen molar-refractivity contribution >= 4 is 5.82 Å². The third kappa shape index (κ3) is 3.55. The number of hydrogen-bond donors (Lipinski definition) is 1. The summed E-state index contributed by atoms with van der Waals surface area (Å²) in [5, 5.41) is 3.16. The first-order chi connectivity index (χ1) is 9.20. The number of nitrogens with one attached hydrogen (secondary N) is 1. The molecule has 0 aliphatic rings. The molecule has 1 heterocycles. The summed E-state index contributed by atoms with van der Waals surface area (Å²) in [5.74, 6) is 1.01. The van der Waals surface area contributed by atoms with Gasteiger partial charge in [-0.05, 0) is 42.8 Å². The summed E-state index contributed by atoms with van der Waals surface area (Å²) in [6.07, 6.45) is 1.87. The molecule has 0 saturated carbocycles. The number of pyridine rings is 1. The van der Waals surface area contributed by atoms with Gasteiger partial charge in [0.15, 0.2) is 0 Å². The van der Waals surface area contributed by atoms with Crippen molar-refractivity contribution < 1.29 is 0 Å². The minimum atomic E-state index is 0.869. The molecule has 1 aromatic heterocycles. The Kier molecular flexibility index (Phi) is 4.53. The molecular formula is C16H21N3. The third-order valence-corrected chi connectivity index (χ3v) is 3.25. The van der Waals surface area contributed by atoms with Crippen LogP contribution in [0.25, 0.3) is 0 Å². The van der Waals surface area contributed by atoms with Gasteiger partial charge in [-0.15, -0.1) is 0 Å². The van der Waals surface area contributed by atoms with E-state index in [1.807, 2.05) is 19.3 Å². The van der Waals surface area contributed by atoms with Crippen LogP contribution in [0.4, 0.5) is 5.82 Å². The van der Waals surface area contributed by atoms with E-state index < -0.39 is 0 Å². The van der Waals surface area contributed by atoms with Gasteiger partial charge in [-0.25, -0.2) is 4.98 Å². The molecule has 0 amide bonds. The topological polar surface area (TPSA) is 28.2 Å². The smallest absolute Gasteiger partial charge is 0.128 e. The van der Waals surface area contributed by atoms with Crippen molar-refractivity contribution in [2.75, 3.05) is 19.0 Å². The molecule has 1 aromatic carbocycles. The second-order valence-electron chi connectivity index (χ2n) is 4.84. The molecule has 2 aromatic rings. The van der Waals surface area contributed by atoms with E-state index in [-0.39, 0.29) is 0 Å². The second-order valence-corrected chi connectivity index (χ2v) is 4.84. The van der Waals surface area contributed by atoms with Crippen LogP contribution in [0.3, 0.4) is 0 Å². The Morgan fingerprint density at radius 2 is 2.00 bits per heavy atom. The summed E-state index contributed by atoms with van der Waals surface area (Å²) in [7, 11) is 4.04. The van der Waals surface area contributed by atoms with Gasteiger partial charge in [0.25, 0.3) is 0 Å². The van der Waals surface area contributed by atoms with Crippen LogP contribution in [0.2, 0.25) is 0 Å². The highest BCUT2D eigenvalue weighted by molar-refractivity contribution is 5.42. The summed E-state index contributed by atoms with van der Waals surface area (Å²) in [6, 6.07) is 12.7. The van der Waals surface area contributed by atoms with Gasteiger partial charge < -0.3 is 10.2 Å². The number of nitrogens with zero attached hydrogens (tertiary/aromatic N) is 2. The van der Waals surface area contributed by atoms with Crippen molar-refractivity contribution in [2.24, 2.45) is 0 Å². The first-order valence-electron chi connectivity index (χ1n) is 6.56. The van der Waals surface area contributed by atoms with Gasteiger partial charge in [-0.2, -0.15) is 0 Å². The predicted octanol–water partition coefficient (Wildman–Crippen LogP) is 2.75. The zero-order valence-electron chi connectivity index (χ0n) is 11.9. The first kappa shape index (κ1) is 13.6. The summed E-state index contributed by atoms with van der Waals surface area (Å²) in [6.45, 7) is 3.89. The van der Waals surface area contributed by atoms with Gasteiger partial charge >= 0.3 is 0 Å². The lowest BCUT2D eigenvalue weighted by Gasteiger charge is -2.20. The molecule has 0 atom stereocenters. The van der Waals surface area contributed by atoms with Crippen molar-refractivity contribution in [2.45, 2.75) is 20.0 Å². The Hall–Kier alpha value is -1.87. The lowest BCUT2D eigenvalue weighted by Crippen LogP contribution is -2.18. The molecule has 0 saturated heterocycles. The number of benzene rings is 1. The Labute approximate surface area is 115 Å². The van der Waals surface area contributed by atoms with Crippen molar-refractivity contribution in [3.05, 3.63) is 59.3 Å². The van der Waals surface area contributed by atoms with Crippen LogP contribution in [0, 0.1) is 6.92 Å². The zero-order chi connectivity index (χ0) is 13.7. The van der Waals surface area contributed by atoms with Gasteiger partial charge in [0.2, 0.25) is 0 Å². The average molecular weight is 255 g/mol. The summed E-state index contributed by atoms with van der Waals surface area (Å²) >= 11 is 0. The van der Waals surface area contributed by atoms with Crippen LogP contribution >= 0.6 is 0 Å². The minimum absolute atomic E-state index is 0.869. The summed E-state index contributed by atoms with van der Waals surface area (Å²) in [4.78, 5) is 6.63. The zero-order valence-corrected chi connectivity index (χ0v) is 11.9. The fourth-order valence-electron chi connectivity index (χ4n) is 2.11. The Morgan fingerprint density at radius 1 is 1.21 bits per heavy atom. The van der Waals surface area contributed by atoms with E-state index in [1.165, 1.54) is 16.7 Å². The molecule has 0 bridgehead atoms. The van der Waals surface area contributed by atoms with Gasteiger partial charge in [-0.3, -0.25) is 0 Å². The molecule has 19 heavy (non-hydrogen) atoms. The summed E-state index contributed by atoms with van der Waals surface area (Å²) < 4.78 is 0. The van der Waals surface area contributed by atoms with Crippen LogP contribution in [-0.2, 0) is 13.1 Å². The maximum absolute atomic E-state index is 4.45. The normalized spacial score (nSPS) is 10.5. The monoisotopic (exact) mass is 255 g/mol. The second kappa shape index (κ2) is 6.34. The van der Waals surface area contributed by atoms with E-state index in [1.54, 1.807) is 0 Å². The van der Waals surface area contributed by atoms with E-state index in [2.05, 4.69) is 59.5 Å². The maximum atomic E-state index is 4.45.